The van der Waals surface area contributed by atoms with Gasteiger partial charge < -0.3 is 10.5 Å². The normalized spacial score (nSPS) is 20.2. The van der Waals surface area contributed by atoms with Crippen molar-refractivity contribution in [2.24, 2.45) is 0 Å². The number of nitrogens with zero attached hydrogens (tertiary/aromatic N) is 2. The first-order chi connectivity index (χ1) is 8.84. The number of para-hydroxylation sites is 1. The van der Waals surface area contributed by atoms with E-state index in [1.807, 2.05) is 48.7 Å². The van der Waals surface area contributed by atoms with Gasteiger partial charge in [-0.15, -0.1) is 0 Å². The van der Waals surface area contributed by atoms with E-state index in [1.54, 1.807) is 4.68 Å². The third-order valence-electron chi connectivity index (χ3n) is 3.42. The average Bonchev–Trinajstić information content (AvgIpc) is 2.71. The maximum atomic E-state index is 12.2. The molecule has 0 saturated heterocycles. The molecule has 0 radical (unpaired) electrons. The molecule has 88 valence electrons. The van der Waals surface area contributed by atoms with Crippen LogP contribution in [-0.4, -0.2) is 10.7 Å². The van der Waals surface area contributed by atoms with Crippen LogP contribution in [0.4, 0.5) is 5.82 Å². The maximum Gasteiger partial charge on any atom is 0.254 e. The molecular formula is C14H11N3O. The average molecular weight is 237 g/mol. The molecule has 4 rings (SSSR count). The van der Waals surface area contributed by atoms with Gasteiger partial charge in [0.05, 0.1) is 17.6 Å². The SMILES string of the molecule is [O-][n+]1c2ccccc2c2n1C=C1C=CC=CC1N2. The predicted octanol–water partition coefficient (Wildman–Crippen LogP) is 2.04. The quantitative estimate of drug-likeness (QED) is 0.563. The molecule has 1 unspecified atom stereocenters. The number of rotatable bonds is 0. The second-order valence-corrected chi connectivity index (χ2v) is 4.48. The first-order valence-electron chi connectivity index (χ1n) is 5.90. The fourth-order valence-electron chi connectivity index (χ4n) is 2.53. The van der Waals surface area contributed by atoms with Crippen LogP contribution in [0.15, 0.2) is 54.1 Å². The molecule has 2 heterocycles. The van der Waals surface area contributed by atoms with Gasteiger partial charge in [-0.25, -0.2) is 0 Å². The minimum absolute atomic E-state index is 0.154. The smallest absolute Gasteiger partial charge is 0.254 e. The summed E-state index contributed by atoms with van der Waals surface area (Å²) in [6.45, 7) is 0. The van der Waals surface area contributed by atoms with Crippen molar-refractivity contribution in [3.8, 4) is 0 Å². The van der Waals surface area contributed by atoms with Crippen LogP contribution in [-0.2, 0) is 0 Å². The van der Waals surface area contributed by atoms with E-state index in [9.17, 15) is 5.21 Å². The summed E-state index contributed by atoms with van der Waals surface area (Å²) in [6.07, 6.45) is 10.00. The predicted molar refractivity (Wildman–Crippen MR) is 70.9 cm³/mol. The van der Waals surface area contributed by atoms with E-state index >= 15 is 0 Å². The fourth-order valence-corrected chi connectivity index (χ4v) is 2.53. The molecule has 2 aromatic rings. The van der Waals surface area contributed by atoms with Crippen molar-refractivity contribution in [3.63, 3.8) is 0 Å². The van der Waals surface area contributed by atoms with Gasteiger partial charge in [0.15, 0.2) is 5.82 Å². The molecule has 1 aromatic heterocycles. The number of hydrogen-bond acceptors (Lipinski definition) is 2. The number of allylic oxidation sites excluding steroid dienone is 2. The van der Waals surface area contributed by atoms with Gasteiger partial charge in [-0.3, -0.25) is 0 Å². The Hall–Kier alpha value is -2.49. The van der Waals surface area contributed by atoms with Gasteiger partial charge in [0.25, 0.3) is 5.52 Å². The molecular weight excluding hydrogens is 226 g/mol. The highest BCUT2D eigenvalue weighted by Gasteiger charge is 2.26. The minimum Gasteiger partial charge on any atom is -0.595 e. The Morgan fingerprint density at radius 1 is 1.22 bits per heavy atom. The van der Waals surface area contributed by atoms with E-state index in [0.717, 1.165) is 21.6 Å². The van der Waals surface area contributed by atoms with Gasteiger partial charge in [0, 0.05) is 11.6 Å². The second kappa shape index (κ2) is 3.26. The summed E-state index contributed by atoms with van der Waals surface area (Å²) < 4.78 is 1.62. The Labute approximate surface area is 104 Å². The van der Waals surface area contributed by atoms with Crippen molar-refractivity contribution >= 4 is 22.9 Å². The summed E-state index contributed by atoms with van der Waals surface area (Å²) in [5.41, 5.74) is 1.78. The minimum atomic E-state index is 0.154. The van der Waals surface area contributed by atoms with E-state index < -0.39 is 0 Å². The summed E-state index contributed by atoms with van der Waals surface area (Å²) >= 11 is 0. The molecule has 0 fully saturated rings. The molecule has 1 aromatic carbocycles. The third kappa shape index (κ3) is 1.12. The van der Waals surface area contributed by atoms with Crippen molar-refractivity contribution in [1.82, 2.24) is 4.68 Å². The van der Waals surface area contributed by atoms with Crippen LogP contribution < -0.4 is 10.2 Å². The van der Waals surface area contributed by atoms with Gasteiger partial charge in [0.2, 0.25) is 0 Å². The monoisotopic (exact) mass is 237 g/mol. The summed E-state index contributed by atoms with van der Waals surface area (Å²) in [5.74, 6) is 0.856. The summed E-state index contributed by atoms with van der Waals surface area (Å²) in [6, 6.07) is 7.77. The lowest BCUT2D eigenvalue weighted by atomic mass is 10.0. The van der Waals surface area contributed by atoms with Crippen LogP contribution >= 0.6 is 0 Å². The van der Waals surface area contributed by atoms with Crippen molar-refractivity contribution in [2.75, 3.05) is 5.32 Å². The van der Waals surface area contributed by atoms with E-state index in [4.69, 9.17) is 0 Å². The molecule has 1 atom stereocenters. The zero-order valence-electron chi connectivity index (χ0n) is 9.58. The zero-order chi connectivity index (χ0) is 12.1. The Morgan fingerprint density at radius 3 is 3.06 bits per heavy atom. The van der Waals surface area contributed by atoms with Crippen LogP contribution in [0.25, 0.3) is 17.1 Å². The van der Waals surface area contributed by atoms with E-state index in [1.165, 1.54) is 0 Å². The number of aromatic nitrogens is 2. The number of fused-ring (bicyclic) bond motifs is 4. The number of nitrogens with one attached hydrogen (secondary N) is 1. The van der Waals surface area contributed by atoms with Gasteiger partial charge in [-0.05, 0) is 6.07 Å². The largest absolute Gasteiger partial charge is 0.595 e. The lowest BCUT2D eigenvalue weighted by Crippen LogP contribution is -2.39. The highest BCUT2D eigenvalue weighted by Crippen LogP contribution is 2.29. The van der Waals surface area contributed by atoms with Crippen LogP contribution in [0, 0.1) is 5.21 Å². The molecule has 1 N–H and O–H groups in total. The Morgan fingerprint density at radius 2 is 2.11 bits per heavy atom. The number of anilines is 1. The molecule has 1 aliphatic carbocycles. The van der Waals surface area contributed by atoms with Crippen molar-refractivity contribution in [2.45, 2.75) is 6.04 Å². The molecule has 0 saturated carbocycles. The van der Waals surface area contributed by atoms with Gasteiger partial charge in [0.1, 0.15) is 0 Å². The molecule has 4 heteroatoms. The topological polar surface area (TPSA) is 43.9 Å². The zero-order valence-corrected chi connectivity index (χ0v) is 9.58. The Kier molecular flexibility index (Phi) is 1.73. The van der Waals surface area contributed by atoms with E-state index in [0.29, 0.717) is 5.52 Å². The summed E-state index contributed by atoms with van der Waals surface area (Å²) in [4.78, 5) is 0.924. The van der Waals surface area contributed by atoms with Crippen LogP contribution in [0.2, 0.25) is 0 Å². The molecule has 1 aliphatic heterocycles. The van der Waals surface area contributed by atoms with Gasteiger partial charge in [-0.2, -0.15) is 0 Å². The number of hydrogen-bond donors (Lipinski definition) is 1. The molecule has 0 bridgehead atoms. The van der Waals surface area contributed by atoms with Gasteiger partial charge in [-0.1, -0.05) is 46.0 Å². The summed E-state index contributed by atoms with van der Waals surface area (Å²) in [5, 5.41) is 16.5. The van der Waals surface area contributed by atoms with E-state index in [2.05, 4.69) is 11.4 Å². The standard InChI is InChI=1S/C14H11N3O/c18-17-13-8-4-2-6-11(13)14-15-12-7-3-1-5-10(12)9-16(14)17/h1-9,12,15H. The fraction of sp³-hybridized carbons (Fsp3) is 0.0714. The summed E-state index contributed by atoms with van der Waals surface area (Å²) in [7, 11) is 0. The maximum absolute atomic E-state index is 12.2. The van der Waals surface area contributed by atoms with Crippen molar-refractivity contribution in [1.29, 1.82) is 0 Å². The van der Waals surface area contributed by atoms with Crippen LogP contribution in [0.1, 0.15) is 0 Å². The van der Waals surface area contributed by atoms with Crippen molar-refractivity contribution < 1.29 is 4.85 Å². The molecule has 0 amide bonds. The molecule has 0 spiro atoms. The molecule has 18 heavy (non-hydrogen) atoms. The van der Waals surface area contributed by atoms with Crippen LogP contribution in [0.5, 0.6) is 0 Å². The molecule has 4 nitrogen and oxygen atoms in total. The Balaban J connectivity index is 2.04. The van der Waals surface area contributed by atoms with E-state index in [-0.39, 0.29) is 6.04 Å². The third-order valence-corrected chi connectivity index (χ3v) is 3.42. The highest BCUT2D eigenvalue weighted by atomic mass is 16.5. The van der Waals surface area contributed by atoms with Gasteiger partial charge >= 0.3 is 0 Å². The number of benzene rings is 1. The lowest BCUT2D eigenvalue weighted by molar-refractivity contribution is -0.655. The highest BCUT2D eigenvalue weighted by molar-refractivity contribution is 5.90. The van der Waals surface area contributed by atoms with Crippen molar-refractivity contribution in [3.05, 3.63) is 59.3 Å². The molecule has 2 aliphatic rings. The second-order valence-electron chi connectivity index (χ2n) is 4.48. The first kappa shape index (κ1) is 9.53. The van der Waals surface area contributed by atoms with Crippen LogP contribution in [0.3, 0.4) is 0 Å². The lowest BCUT2D eigenvalue weighted by Gasteiger charge is -2.23. The Bertz CT molecular complexity index is 737. The first-order valence-corrected chi connectivity index (χ1v) is 5.90.